The molecule has 2 aliphatic rings. The number of amides is 1. The van der Waals surface area contributed by atoms with Crippen molar-refractivity contribution < 1.29 is 14.3 Å². The van der Waals surface area contributed by atoms with Crippen LogP contribution in [-0.2, 0) is 4.79 Å². The van der Waals surface area contributed by atoms with E-state index < -0.39 is 0 Å². The van der Waals surface area contributed by atoms with Gasteiger partial charge in [-0.1, -0.05) is 18.3 Å². The molecule has 4 rings (SSSR count). The second kappa shape index (κ2) is 4.09. The summed E-state index contributed by atoms with van der Waals surface area (Å²) in [5.74, 6) is 1.55. The van der Waals surface area contributed by atoms with Crippen LogP contribution in [0.25, 0.3) is 10.2 Å². The first kappa shape index (κ1) is 12.0. The zero-order valence-electron chi connectivity index (χ0n) is 11.1. The van der Waals surface area contributed by atoms with E-state index in [0.29, 0.717) is 10.9 Å². The van der Waals surface area contributed by atoms with Crippen LogP contribution >= 0.6 is 11.3 Å². The van der Waals surface area contributed by atoms with Gasteiger partial charge in [-0.05, 0) is 19.3 Å². The zero-order valence-corrected chi connectivity index (χ0v) is 11.9. The Morgan fingerprint density at radius 2 is 2.15 bits per heavy atom. The third-order valence-electron chi connectivity index (χ3n) is 4.12. The predicted octanol–water partition coefficient (Wildman–Crippen LogP) is 3.15. The molecule has 2 heterocycles. The number of anilines is 1. The van der Waals surface area contributed by atoms with Crippen molar-refractivity contribution in [2.75, 3.05) is 12.1 Å². The van der Waals surface area contributed by atoms with Crippen LogP contribution in [0, 0.1) is 5.41 Å². The highest BCUT2D eigenvalue weighted by Crippen LogP contribution is 2.49. The van der Waals surface area contributed by atoms with Crippen molar-refractivity contribution in [3.05, 3.63) is 12.1 Å². The van der Waals surface area contributed by atoms with Gasteiger partial charge in [0.15, 0.2) is 16.6 Å². The lowest BCUT2D eigenvalue weighted by Crippen LogP contribution is -2.23. The highest BCUT2D eigenvalue weighted by Gasteiger charge is 2.48. The number of thiazole rings is 1. The van der Waals surface area contributed by atoms with E-state index in [2.05, 4.69) is 17.2 Å². The summed E-state index contributed by atoms with van der Waals surface area (Å²) in [7, 11) is 0. The molecule has 0 unspecified atom stereocenters. The Hall–Kier alpha value is -1.82. The molecule has 0 bridgehead atoms. The number of hydrogen-bond donors (Lipinski definition) is 1. The molecule has 1 aliphatic carbocycles. The van der Waals surface area contributed by atoms with E-state index in [1.54, 1.807) is 0 Å². The molecule has 6 heteroatoms. The first-order chi connectivity index (χ1) is 9.70. The van der Waals surface area contributed by atoms with E-state index in [0.717, 1.165) is 35.2 Å². The Labute approximate surface area is 119 Å². The van der Waals surface area contributed by atoms with Crippen molar-refractivity contribution >= 4 is 32.6 Å². The molecular formula is C14H14N2O3S. The van der Waals surface area contributed by atoms with Gasteiger partial charge in [0, 0.05) is 17.5 Å². The van der Waals surface area contributed by atoms with Crippen LogP contribution in [0.3, 0.4) is 0 Å². The Balaban J connectivity index is 1.63. The standard InChI is InChI=1S/C14H14N2O3S/c1-2-14(3-4-14)12(17)16-13-15-8-5-9-10(19-7-18-9)6-11(8)20-13/h5-6H,2-4,7H2,1H3,(H,15,16,17). The number of benzene rings is 1. The first-order valence-corrected chi connectivity index (χ1v) is 7.53. The van der Waals surface area contributed by atoms with E-state index in [-0.39, 0.29) is 18.1 Å². The average molecular weight is 290 g/mol. The highest BCUT2D eigenvalue weighted by molar-refractivity contribution is 7.22. The van der Waals surface area contributed by atoms with Gasteiger partial charge < -0.3 is 14.8 Å². The van der Waals surface area contributed by atoms with Gasteiger partial charge in [-0.15, -0.1) is 0 Å². The molecule has 1 aromatic heterocycles. The topological polar surface area (TPSA) is 60.5 Å². The Bertz CT molecular complexity index is 665. The Kier molecular flexibility index (Phi) is 2.44. The van der Waals surface area contributed by atoms with Crippen LogP contribution in [0.5, 0.6) is 11.5 Å². The lowest BCUT2D eigenvalue weighted by Gasteiger charge is -2.10. The number of ether oxygens (including phenoxy) is 2. The summed E-state index contributed by atoms with van der Waals surface area (Å²) in [6.45, 7) is 2.32. The lowest BCUT2D eigenvalue weighted by atomic mass is 10.0. The van der Waals surface area contributed by atoms with E-state index in [1.165, 1.54) is 11.3 Å². The second-order valence-corrected chi connectivity index (χ2v) is 6.31. The zero-order chi connectivity index (χ0) is 13.7. The maximum absolute atomic E-state index is 12.2. The summed E-state index contributed by atoms with van der Waals surface area (Å²) < 4.78 is 11.7. The minimum Gasteiger partial charge on any atom is -0.454 e. The predicted molar refractivity (Wildman–Crippen MR) is 76.3 cm³/mol. The van der Waals surface area contributed by atoms with E-state index in [9.17, 15) is 4.79 Å². The molecule has 0 atom stereocenters. The monoisotopic (exact) mass is 290 g/mol. The molecule has 0 saturated heterocycles. The van der Waals surface area contributed by atoms with Gasteiger partial charge in [-0.25, -0.2) is 4.98 Å². The van der Waals surface area contributed by atoms with Crippen molar-refractivity contribution in [2.45, 2.75) is 26.2 Å². The number of nitrogens with one attached hydrogen (secondary N) is 1. The molecule has 1 saturated carbocycles. The van der Waals surface area contributed by atoms with Gasteiger partial charge in [0.2, 0.25) is 12.7 Å². The van der Waals surface area contributed by atoms with Gasteiger partial charge in [-0.3, -0.25) is 4.79 Å². The van der Waals surface area contributed by atoms with Gasteiger partial charge in [0.05, 0.1) is 10.2 Å². The molecule has 1 aromatic carbocycles. The van der Waals surface area contributed by atoms with Gasteiger partial charge in [0.1, 0.15) is 0 Å². The molecule has 104 valence electrons. The third kappa shape index (κ3) is 1.75. The molecule has 5 nitrogen and oxygen atoms in total. The Morgan fingerprint density at radius 1 is 1.40 bits per heavy atom. The number of fused-ring (bicyclic) bond motifs is 2. The van der Waals surface area contributed by atoms with Crippen molar-refractivity contribution in [3.8, 4) is 11.5 Å². The maximum Gasteiger partial charge on any atom is 0.232 e. The van der Waals surface area contributed by atoms with Crippen LogP contribution in [-0.4, -0.2) is 17.7 Å². The summed E-state index contributed by atoms with van der Waals surface area (Å²) in [6.07, 6.45) is 2.85. The number of hydrogen-bond acceptors (Lipinski definition) is 5. The van der Waals surface area contributed by atoms with Crippen molar-refractivity contribution in [3.63, 3.8) is 0 Å². The van der Waals surface area contributed by atoms with Crippen molar-refractivity contribution in [1.82, 2.24) is 4.98 Å². The summed E-state index contributed by atoms with van der Waals surface area (Å²) in [5.41, 5.74) is 0.683. The minimum absolute atomic E-state index is 0.0964. The van der Waals surface area contributed by atoms with Gasteiger partial charge >= 0.3 is 0 Å². The molecule has 1 aliphatic heterocycles. The van der Waals surface area contributed by atoms with Gasteiger partial charge in [-0.2, -0.15) is 0 Å². The van der Waals surface area contributed by atoms with Crippen LogP contribution in [0.15, 0.2) is 12.1 Å². The largest absolute Gasteiger partial charge is 0.454 e. The minimum atomic E-state index is -0.147. The van der Waals surface area contributed by atoms with E-state index >= 15 is 0 Å². The first-order valence-electron chi connectivity index (χ1n) is 6.72. The number of aromatic nitrogens is 1. The number of rotatable bonds is 3. The highest BCUT2D eigenvalue weighted by atomic mass is 32.1. The van der Waals surface area contributed by atoms with Crippen molar-refractivity contribution in [1.29, 1.82) is 0 Å². The molecule has 20 heavy (non-hydrogen) atoms. The second-order valence-electron chi connectivity index (χ2n) is 5.28. The van der Waals surface area contributed by atoms with Crippen LogP contribution in [0.2, 0.25) is 0 Å². The number of nitrogens with zero attached hydrogens (tertiary/aromatic N) is 1. The molecule has 0 spiro atoms. The van der Waals surface area contributed by atoms with Crippen LogP contribution in [0.1, 0.15) is 26.2 Å². The summed E-state index contributed by atoms with van der Waals surface area (Å²) >= 11 is 1.47. The number of carbonyl (C=O) groups is 1. The summed E-state index contributed by atoms with van der Waals surface area (Å²) in [4.78, 5) is 16.7. The average Bonchev–Trinajstić information content (AvgIpc) is 2.97. The quantitative estimate of drug-likeness (QED) is 0.943. The fraction of sp³-hybridized carbons (Fsp3) is 0.429. The normalized spacial score (nSPS) is 18.2. The fourth-order valence-corrected chi connectivity index (χ4v) is 3.36. The molecule has 1 N–H and O–H groups in total. The summed E-state index contributed by atoms with van der Waals surface area (Å²) in [5, 5.41) is 3.59. The molecular weight excluding hydrogens is 276 g/mol. The van der Waals surface area contributed by atoms with Crippen LogP contribution in [0.4, 0.5) is 5.13 Å². The maximum atomic E-state index is 12.2. The molecule has 2 aromatic rings. The van der Waals surface area contributed by atoms with Crippen LogP contribution < -0.4 is 14.8 Å². The Morgan fingerprint density at radius 3 is 2.85 bits per heavy atom. The smallest absolute Gasteiger partial charge is 0.232 e. The third-order valence-corrected chi connectivity index (χ3v) is 5.05. The summed E-state index contributed by atoms with van der Waals surface area (Å²) in [6, 6.07) is 3.77. The van der Waals surface area contributed by atoms with Gasteiger partial charge in [0.25, 0.3) is 0 Å². The van der Waals surface area contributed by atoms with E-state index in [1.807, 2.05) is 12.1 Å². The van der Waals surface area contributed by atoms with E-state index in [4.69, 9.17) is 9.47 Å². The number of carbonyl (C=O) groups excluding carboxylic acids is 1. The molecule has 0 radical (unpaired) electrons. The molecule has 1 amide bonds. The fourth-order valence-electron chi connectivity index (χ4n) is 2.49. The van der Waals surface area contributed by atoms with Crippen molar-refractivity contribution in [2.24, 2.45) is 5.41 Å². The lowest BCUT2D eigenvalue weighted by molar-refractivity contribution is -0.121. The SMILES string of the molecule is CCC1(C(=O)Nc2nc3cc4c(cc3s2)OCO4)CC1. The molecule has 1 fully saturated rings.